The Bertz CT molecular complexity index is 696. The molecule has 6 heteroatoms. The number of halogens is 1. The third kappa shape index (κ3) is 2.67. The molecule has 0 radical (unpaired) electrons. The van der Waals surface area contributed by atoms with Gasteiger partial charge in [-0.2, -0.15) is 0 Å². The highest BCUT2D eigenvalue weighted by molar-refractivity contribution is 5.97. The Hall–Kier alpha value is -2.21. The van der Waals surface area contributed by atoms with Crippen molar-refractivity contribution in [3.63, 3.8) is 0 Å². The topological polar surface area (TPSA) is 58.4 Å². The molecule has 0 amide bonds. The molecule has 1 aromatic heterocycles. The second-order valence-electron chi connectivity index (χ2n) is 5.26. The predicted octanol–water partition coefficient (Wildman–Crippen LogP) is 1.95. The molecule has 2 aromatic rings. The molecule has 0 aliphatic carbocycles. The van der Waals surface area contributed by atoms with Gasteiger partial charge >= 0.3 is 0 Å². The Morgan fingerprint density at radius 1 is 1.43 bits per heavy atom. The van der Waals surface area contributed by atoms with Gasteiger partial charge in [0.2, 0.25) is 0 Å². The molecule has 0 spiro atoms. The van der Waals surface area contributed by atoms with Crippen molar-refractivity contribution in [3.05, 3.63) is 47.3 Å². The van der Waals surface area contributed by atoms with Crippen LogP contribution in [0.2, 0.25) is 0 Å². The van der Waals surface area contributed by atoms with E-state index in [0.29, 0.717) is 18.7 Å². The Labute approximate surface area is 121 Å². The zero-order valence-electron chi connectivity index (χ0n) is 11.7. The van der Waals surface area contributed by atoms with E-state index in [1.807, 2.05) is 6.20 Å². The number of Topliss-reactive ketones (excluding diaryl/α,β-unsaturated/α-hetero) is 1. The Kier molecular flexibility index (Phi) is 3.47. The van der Waals surface area contributed by atoms with Crippen LogP contribution in [0.3, 0.4) is 0 Å². The largest absolute Gasteiger partial charge is 0.507 e. The number of nitrogens with zero attached hydrogens (tertiary/aromatic N) is 3. The molecule has 0 saturated heterocycles. The first kappa shape index (κ1) is 13.8. The molecule has 110 valence electrons. The van der Waals surface area contributed by atoms with Crippen molar-refractivity contribution >= 4 is 5.78 Å². The van der Waals surface area contributed by atoms with Crippen LogP contribution in [0.5, 0.6) is 5.75 Å². The smallest absolute Gasteiger partial charge is 0.163 e. The molecule has 0 saturated carbocycles. The van der Waals surface area contributed by atoms with Gasteiger partial charge in [-0.3, -0.25) is 9.69 Å². The van der Waals surface area contributed by atoms with Crippen LogP contribution in [0, 0.1) is 5.82 Å². The monoisotopic (exact) mass is 289 g/mol. The minimum Gasteiger partial charge on any atom is -0.507 e. The Balaban J connectivity index is 1.84. The van der Waals surface area contributed by atoms with E-state index in [9.17, 15) is 14.3 Å². The lowest BCUT2D eigenvalue weighted by molar-refractivity contribution is 0.101. The number of aromatic nitrogens is 2. The fraction of sp³-hybridized carbons (Fsp3) is 0.333. The highest BCUT2D eigenvalue weighted by Crippen LogP contribution is 2.27. The molecule has 5 nitrogen and oxygen atoms in total. The molecule has 0 unspecified atom stereocenters. The maximum absolute atomic E-state index is 13.6. The number of carbonyl (C=O) groups excluding carboxylic acids is 1. The number of hydrogen-bond donors (Lipinski definition) is 1. The van der Waals surface area contributed by atoms with Crippen molar-refractivity contribution in [2.24, 2.45) is 0 Å². The van der Waals surface area contributed by atoms with Crippen LogP contribution < -0.4 is 0 Å². The number of carbonyl (C=O) groups is 1. The maximum atomic E-state index is 13.6. The van der Waals surface area contributed by atoms with Crippen LogP contribution in [0.15, 0.2) is 24.5 Å². The zero-order chi connectivity index (χ0) is 15.0. The van der Waals surface area contributed by atoms with Gasteiger partial charge in [-0.05, 0) is 19.1 Å². The molecule has 1 aliphatic rings. The van der Waals surface area contributed by atoms with Crippen molar-refractivity contribution in [1.82, 2.24) is 14.5 Å². The summed E-state index contributed by atoms with van der Waals surface area (Å²) in [6, 6.07) is 2.35. The van der Waals surface area contributed by atoms with Gasteiger partial charge in [-0.15, -0.1) is 0 Å². The van der Waals surface area contributed by atoms with E-state index in [0.717, 1.165) is 25.0 Å². The summed E-state index contributed by atoms with van der Waals surface area (Å²) < 4.78 is 15.7. The first-order chi connectivity index (χ1) is 10.0. The molecule has 0 fully saturated rings. The number of imidazole rings is 1. The first-order valence-corrected chi connectivity index (χ1v) is 6.79. The summed E-state index contributed by atoms with van der Waals surface area (Å²) in [6.07, 6.45) is 3.69. The molecule has 21 heavy (non-hydrogen) atoms. The van der Waals surface area contributed by atoms with E-state index < -0.39 is 5.82 Å². The number of fused-ring (bicyclic) bond motifs is 1. The number of aromatic hydroxyl groups is 1. The molecule has 2 heterocycles. The summed E-state index contributed by atoms with van der Waals surface area (Å²) >= 11 is 0. The SMILES string of the molecule is CC(=O)c1cc(F)cc(CN2CCn3ccnc3C2)c1O. The van der Waals surface area contributed by atoms with Crippen molar-refractivity contribution in [2.45, 2.75) is 26.6 Å². The summed E-state index contributed by atoms with van der Waals surface area (Å²) in [6.45, 7) is 3.94. The highest BCUT2D eigenvalue weighted by Gasteiger charge is 2.20. The van der Waals surface area contributed by atoms with Crippen LogP contribution in [0.4, 0.5) is 4.39 Å². The van der Waals surface area contributed by atoms with Crippen LogP contribution in [0.25, 0.3) is 0 Å². The second-order valence-corrected chi connectivity index (χ2v) is 5.26. The third-order valence-corrected chi connectivity index (χ3v) is 3.75. The van der Waals surface area contributed by atoms with Crippen LogP contribution in [0.1, 0.15) is 28.7 Å². The number of rotatable bonds is 3. The fourth-order valence-corrected chi connectivity index (χ4v) is 2.64. The molecule has 1 N–H and O–H groups in total. The predicted molar refractivity (Wildman–Crippen MR) is 74.4 cm³/mol. The quantitative estimate of drug-likeness (QED) is 0.877. The van der Waals surface area contributed by atoms with E-state index >= 15 is 0 Å². The molecular formula is C15H16FN3O2. The van der Waals surface area contributed by atoms with Crippen LogP contribution in [-0.4, -0.2) is 31.9 Å². The highest BCUT2D eigenvalue weighted by atomic mass is 19.1. The van der Waals surface area contributed by atoms with Gasteiger partial charge in [-0.25, -0.2) is 9.37 Å². The summed E-state index contributed by atoms with van der Waals surface area (Å²) in [4.78, 5) is 17.8. The van der Waals surface area contributed by atoms with Gasteiger partial charge in [-0.1, -0.05) is 0 Å². The van der Waals surface area contributed by atoms with Crippen molar-refractivity contribution in [3.8, 4) is 5.75 Å². The number of phenols is 1. The van der Waals surface area contributed by atoms with E-state index in [2.05, 4.69) is 14.5 Å². The second kappa shape index (κ2) is 5.29. The summed E-state index contributed by atoms with van der Waals surface area (Å²) in [5.74, 6) is -0.0318. The summed E-state index contributed by atoms with van der Waals surface area (Å²) in [5.41, 5.74) is 0.462. The van der Waals surface area contributed by atoms with Gasteiger partial charge < -0.3 is 9.67 Å². The van der Waals surface area contributed by atoms with Gasteiger partial charge in [0.25, 0.3) is 0 Å². The van der Waals surface area contributed by atoms with Crippen LogP contribution >= 0.6 is 0 Å². The summed E-state index contributed by atoms with van der Waals surface area (Å²) in [7, 11) is 0. The maximum Gasteiger partial charge on any atom is 0.163 e. The number of benzene rings is 1. The van der Waals surface area contributed by atoms with Gasteiger partial charge in [0, 0.05) is 37.6 Å². The molecule has 3 rings (SSSR count). The zero-order valence-corrected chi connectivity index (χ0v) is 11.7. The third-order valence-electron chi connectivity index (χ3n) is 3.75. The molecular weight excluding hydrogens is 273 g/mol. The lowest BCUT2D eigenvalue weighted by atomic mass is 10.0. The van der Waals surface area contributed by atoms with Crippen LogP contribution in [-0.2, 0) is 19.6 Å². The number of phenolic OH excluding ortho intramolecular Hbond substituents is 1. The van der Waals surface area contributed by atoms with E-state index in [1.165, 1.54) is 13.0 Å². The summed E-state index contributed by atoms with van der Waals surface area (Å²) in [5, 5.41) is 10.1. The normalized spacial score (nSPS) is 15.0. The fourth-order valence-electron chi connectivity index (χ4n) is 2.64. The standard InChI is InChI=1S/C15H16FN3O2/c1-10(20)13-7-12(16)6-11(15(13)21)8-18-4-5-19-3-2-17-14(19)9-18/h2-3,6-7,21H,4-5,8-9H2,1H3. The van der Waals surface area contributed by atoms with Gasteiger partial charge in [0.1, 0.15) is 17.4 Å². The average Bonchev–Trinajstić information content (AvgIpc) is 2.89. The first-order valence-electron chi connectivity index (χ1n) is 6.79. The minimum absolute atomic E-state index is 0.0310. The number of ketones is 1. The van der Waals surface area contributed by atoms with Gasteiger partial charge in [0.05, 0.1) is 12.1 Å². The Morgan fingerprint density at radius 3 is 3.00 bits per heavy atom. The van der Waals surface area contributed by atoms with Crippen molar-refractivity contribution in [2.75, 3.05) is 6.54 Å². The lowest BCUT2D eigenvalue weighted by Crippen LogP contribution is -2.33. The van der Waals surface area contributed by atoms with E-state index in [4.69, 9.17) is 0 Å². The molecule has 0 atom stereocenters. The van der Waals surface area contributed by atoms with E-state index in [1.54, 1.807) is 6.20 Å². The average molecular weight is 289 g/mol. The van der Waals surface area contributed by atoms with Crippen molar-refractivity contribution in [1.29, 1.82) is 0 Å². The molecule has 1 aliphatic heterocycles. The minimum atomic E-state index is -0.508. The van der Waals surface area contributed by atoms with Crippen molar-refractivity contribution < 1.29 is 14.3 Å². The Morgan fingerprint density at radius 2 is 2.24 bits per heavy atom. The van der Waals surface area contributed by atoms with E-state index in [-0.39, 0.29) is 17.1 Å². The molecule has 1 aromatic carbocycles. The lowest BCUT2D eigenvalue weighted by Gasteiger charge is -2.27. The number of hydrogen-bond acceptors (Lipinski definition) is 4. The molecule has 0 bridgehead atoms. The van der Waals surface area contributed by atoms with Gasteiger partial charge in [0.15, 0.2) is 5.78 Å².